The SMILES string of the molecule is CN1c2cc(-c3cccc(CNC(=O)c4ccccc4)c3)ccc2N(CC2CC2)S1(O)O. The number of anilines is 2. The number of benzene rings is 3. The van der Waals surface area contributed by atoms with E-state index in [-0.39, 0.29) is 5.91 Å². The standard InChI is InChI=1S/C25H27N3O3S/c1-27-24-15-22(12-13-23(24)28(32(27,30)31)17-18-10-11-18)21-9-5-6-19(14-21)16-26-25(29)20-7-3-2-4-8-20/h2-9,12-15,18,30-31H,10-11,16-17H2,1H3,(H,26,29). The molecule has 2 aliphatic rings. The van der Waals surface area contributed by atoms with E-state index >= 15 is 0 Å². The number of hydrogen-bond donors (Lipinski definition) is 3. The lowest BCUT2D eigenvalue weighted by Crippen LogP contribution is -2.32. The number of hydrogen-bond acceptors (Lipinski definition) is 5. The Balaban J connectivity index is 1.36. The zero-order chi connectivity index (χ0) is 22.3. The van der Waals surface area contributed by atoms with E-state index in [2.05, 4.69) is 11.4 Å². The Morgan fingerprint density at radius 3 is 2.47 bits per heavy atom. The first-order chi connectivity index (χ1) is 15.4. The predicted molar refractivity (Wildman–Crippen MR) is 131 cm³/mol. The summed E-state index contributed by atoms with van der Waals surface area (Å²) in [6.45, 7) is 1.11. The number of rotatable bonds is 6. The van der Waals surface area contributed by atoms with Crippen molar-refractivity contribution in [2.45, 2.75) is 19.4 Å². The summed E-state index contributed by atoms with van der Waals surface area (Å²) in [7, 11) is -1.28. The highest BCUT2D eigenvalue weighted by atomic mass is 32.3. The van der Waals surface area contributed by atoms with Crippen molar-refractivity contribution in [3.05, 3.63) is 83.9 Å². The molecule has 5 rings (SSSR count). The number of nitrogens with one attached hydrogen (secondary N) is 1. The molecule has 1 heterocycles. The van der Waals surface area contributed by atoms with Crippen molar-refractivity contribution in [2.24, 2.45) is 5.92 Å². The number of amides is 1. The van der Waals surface area contributed by atoms with E-state index in [1.54, 1.807) is 27.8 Å². The van der Waals surface area contributed by atoms with Crippen LogP contribution in [0.5, 0.6) is 0 Å². The predicted octanol–water partition coefficient (Wildman–Crippen LogP) is 5.53. The summed E-state index contributed by atoms with van der Waals surface area (Å²) in [5.41, 5.74) is 5.35. The third-order valence-corrected chi connectivity index (χ3v) is 7.99. The van der Waals surface area contributed by atoms with E-state index in [4.69, 9.17) is 0 Å². The second kappa shape index (κ2) is 8.16. The zero-order valence-corrected chi connectivity index (χ0v) is 18.8. The second-order valence-electron chi connectivity index (χ2n) is 8.44. The van der Waals surface area contributed by atoms with Gasteiger partial charge in [0.05, 0.1) is 11.4 Å². The summed E-state index contributed by atoms with van der Waals surface area (Å²) in [4.78, 5) is 12.3. The maximum atomic E-state index is 12.3. The first kappa shape index (κ1) is 20.9. The molecule has 0 atom stereocenters. The summed E-state index contributed by atoms with van der Waals surface area (Å²) in [5.74, 6) is 0.444. The Morgan fingerprint density at radius 2 is 1.72 bits per heavy atom. The fourth-order valence-electron chi connectivity index (χ4n) is 4.05. The smallest absolute Gasteiger partial charge is 0.251 e. The first-order valence-electron chi connectivity index (χ1n) is 10.8. The maximum Gasteiger partial charge on any atom is 0.251 e. The van der Waals surface area contributed by atoms with Crippen molar-refractivity contribution in [1.29, 1.82) is 0 Å². The van der Waals surface area contributed by atoms with Crippen LogP contribution < -0.4 is 13.9 Å². The van der Waals surface area contributed by atoms with Gasteiger partial charge in [-0.2, -0.15) is 0 Å². The average Bonchev–Trinajstić information content (AvgIpc) is 3.62. The van der Waals surface area contributed by atoms with Crippen LogP contribution in [0.1, 0.15) is 28.8 Å². The molecule has 0 aromatic heterocycles. The summed E-state index contributed by atoms with van der Waals surface area (Å²) >= 11 is 0. The summed E-state index contributed by atoms with van der Waals surface area (Å²) in [6.07, 6.45) is 2.30. The molecule has 3 N–H and O–H groups in total. The quantitative estimate of drug-likeness (QED) is 0.461. The van der Waals surface area contributed by atoms with Crippen LogP contribution in [0.4, 0.5) is 11.4 Å². The lowest BCUT2D eigenvalue weighted by molar-refractivity contribution is 0.0951. The third-order valence-electron chi connectivity index (χ3n) is 6.12. The largest absolute Gasteiger partial charge is 0.348 e. The Hall–Kier alpha value is -3.00. The highest BCUT2D eigenvalue weighted by Gasteiger charge is 2.41. The van der Waals surface area contributed by atoms with Crippen LogP contribution in [0.25, 0.3) is 11.1 Å². The van der Waals surface area contributed by atoms with Crippen molar-refractivity contribution in [3.8, 4) is 11.1 Å². The van der Waals surface area contributed by atoms with Crippen molar-refractivity contribution in [2.75, 3.05) is 22.2 Å². The van der Waals surface area contributed by atoms with Crippen molar-refractivity contribution in [3.63, 3.8) is 0 Å². The molecule has 1 aliphatic heterocycles. The Labute approximate surface area is 190 Å². The van der Waals surface area contributed by atoms with E-state index in [9.17, 15) is 13.9 Å². The van der Waals surface area contributed by atoms with E-state index in [1.807, 2.05) is 54.6 Å². The van der Waals surface area contributed by atoms with E-state index in [0.717, 1.165) is 40.9 Å². The van der Waals surface area contributed by atoms with Gasteiger partial charge in [-0.3, -0.25) is 22.5 Å². The van der Waals surface area contributed by atoms with E-state index in [0.29, 0.717) is 24.6 Å². The highest BCUT2D eigenvalue weighted by molar-refractivity contribution is 8.26. The Kier molecular flexibility index (Phi) is 5.33. The van der Waals surface area contributed by atoms with Crippen molar-refractivity contribution >= 4 is 28.2 Å². The molecule has 1 amide bonds. The normalized spacial score (nSPS) is 17.7. The van der Waals surface area contributed by atoms with Gasteiger partial charge in [0.2, 0.25) is 0 Å². The third kappa shape index (κ3) is 3.95. The average molecular weight is 450 g/mol. The molecule has 0 spiro atoms. The molecule has 6 nitrogen and oxygen atoms in total. The summed E-state index contributed by atoms with van der Waals surface area (Å²) < 4.78 is 24.9. The molecule has 3 aromatic rings. The van der Waals surface area contributed by atoms with Crippen LogP contribution in [0.2, 0.25) is 0 Å². The molecule has 3 aromatic carbocycles. The zero-order valence-electron chi connectivity index (χ0n) is 17.9. The van der Waals surface area contributed by atoms with Crippen molar-refractivity contribution < 1.29 is 13.9 Å². The van der Waals surface area contributed by atoms with E-state index in [1.165, 1.54) is 0 Å². The molecule has 1 saturated carbocycles. The fraction of sp³-hybridized carbons (Fsp3) is 0.240. The lowest BCUT2D eigenvalue weighted by Gasteiger charge is -2.42. The number of carbonyl (C=O) groups excluding carboxylic acids is 1. The van der Waals surface area contributed by atoms with Gasteiger partial charge in [0.1, 0.15) is 0 Å². The van der Waals surface area contributed by atoms with Gasteiger partial charge in [0.15, 0.2) is 0 Å². The first-order valence-corrected chi connectivity index (χ1v) is 12.3. The molecule has 1 fully saturated rings. The molecule has 7 heteroatoms. The van der Waals surface area contributed by atoms with Crippen LogP contribution >= 0.6 is 11.0 Å². The minimum atomic E-state index is -3.01. The van der Waals surface area contributed by atoms with Crippen LogP contribution in [0.3, 0.4) is 0 Å². The van der Waals surface area contributed by atoms with Crippen LogP contribution in [-0.4, -0.2) is 28.6 Å². The molecular weight excluding hydrogens is 422 g/mol. The van der Waals surface area contributed by atoms with Crippen LogP contribution in [-0.2, 0) is 6.54 Å². The van der Waals surface area contributed by atoms with Gasteiger partial charge in [-0.25, -0.2) is 0 Å². The van der Waals surface area contributed by atoms with Crippen LogP contribution in [0, 0.1) is 5.92 Å². The number of nitrogens with zero attached hydrogens (tertiary/aromatic N) is 2. The Bertz CT molecular complexity index is 1150. The molecule has 0 unspecified atom stereocenters. The molecule has 0 saturated heterocycles. The topological polar surface area (TPSA) is 76.0 Å². The number of fused-ring (bicyclic) bond motifs is 1. The molecule has 1 aliphatic carbocycles. The highest BCUT2D eigenvalue weighted by Crippen LogP contribution is 2.61. The van der Waals surface area contributed by atoms with Crippen LogP contribution in [0.15, 0.2) is 72.8 Å². The fourth-order valence-corrected chi connectivity index (χ4v) is 5.58. The monoisotopic (exact) mass is 449 g/mol. The Morgan fingerprint density at radius 1 is 0.969 bits per heavy atom. The van der Waals surface area contributed by atoms with Crippen molar-refractivity contribution in [1.82, 2.24) is 5.32 Å². The van der Waals surface area contributed by atoms with E-state index < -0.39 is 11.0 Å². The van der Waals surface area contributed by atoms with Gasteiger partial charge < -0.3 is 5.32 Å². The molecular formula is C25H27N3O3S. The minimum Gasteiger partial charge on any atom is -0.348 e. The molecule has 0 radical (unpaired) electrons. The molecule has 32 heavy (non-hydrogen) atoms. The van der Waals surface area contributed by atoms with Gasteiger partial charge in [-0.1, -0.05) is 42.5 Å². The van der Waals surface area contributed by atoms with Gasteiger partial charge in [0, 0.05) is 25.7 Å². The van der Waals surface area contributed by atoms with Gasteiger partial charge in [-0.15, -0.1) is 0 Å². The number of carbonyl (C=O) groups is 1. The minimum absolute atomic E-state index is 0.101. The molecule has 166 valence electrons. The van der Waals surface area contributed by atoms with Gasteiger partial charge in [-0.05, 0) is 76.7 Å². The molecule has 0 bridgehead atoms. The summed E-state index contributed by atoms with van der Waals surface area (Å²) in [5, 5.41) is 2.97. The maximum absolute atomic E-state index is 12.3. The van der Waals surface area contributed by atoms with Gasteiger partial charge >= 0.3 is 0 Å². The lowest BCUT2D eigenvalue weighted by atomic mass is 10.0. The second-order valence-corrected chi connectivity index (χ2v) is 10.4. The summed E-state index contributed by atoms with van der Waals surface area (Å²) in [6, 6.07) is 23.2. The van der Waals surface area contributed by atoms with Gasteiger partial charge in [0.25, 0.3) is 5.91 Å².